The Balaban J connectivity index is 1.75. The van der Waals surface area contributed by atoms with Crippen LogP contribution in [0.1, 0.15) is 51.4 Å². The minimum Gasteiger partial charge on any atom is -0.341 e. The molecule has 0 aliphatic carbocycles. The second-order valence-electron chi connectivity index (χ2n) is 6.37. The second kappa shape index (κ2) is 11.5. The summed E-state index contributed by atoms with van der Waals surface area (Å²) in [7, 11) is 0. The van der Waals surface area contributed by atoms with Gasteiger partial charge in [0.15, 0.2) is 0 Å². The van der Waals surface area contributed by atoms with Crippen LogP contribution in [0.3, 0.4) is 0 Å². The summed E-state index contributed by atoms with van der Waals surface area (Å²) >= 11 is 0. The summed E-state index contributed by atoms with van der Waals surface area (Å²) in [6.45, 7) is 4.87. The van der Waals surface area contributed by atoms with Crippen molar-refractivity contribution in [3.63, 3.8) is 0 Å². The van der Waals surface area contributed by atoms with Gasteiger partial charge in [-0.05, 0) is 43.5 Å². The van der Waals surface area contributed by atoms with Crippen molar-refractivity contribution in [2.75, 3.05) is 11.4 Å². The lowest BCUT2D eigenvalue weighted by Crippen LogP contribution is -2.18. The number of anilines is 2. The van der Waals surface area contributed by atoms with E-state index in [0.29, 0.717) is 0 Å². The quantitative estimate of drug-likeness (QED) is 0.297. The molecule has 0 fully saturated rings. The Morgan fingerprint density at radius 2 is 1.08 bits per heavy atom. The standard InChI is InChI=1S/C23H31N/c1-2-3-4-5-6-7-8-9-16-21-24(22-17-12-10-13-18-22)23-19-14-11-15-20-23/h2,10-15,17-20H,1,3-9,16,21H2. The van der Waals surface area contributed by atoms with Gasteiger partial charge in [0.25, 0.3) is 0 Å². The number of para-hydroxylation sites is 2. The number of allylic oxidation sites excluding steroid dienone is 1. The van der Waals surface area contributed by atoms with Crippen molar-refractivity contribution in [2.45, 2.75) is 51.4 Å². The van der Waals surface area contributed by atoms with Crippen LogP contribution in [0.2, 0.25) is 0 Å². The number of rotatable bonds is 12. The van der Waals surface area contributed by atoms with E-state index >= 15 is 0 Å². The summed E-state index contributed by atoms with van der Waals surface area (Å²) < 4.78 is 0. The molecule has 2 aromatic carbocycles. The van der Waals surface area contributed by atoms with E-state index in [1.807, 2.05) is 6.08 Å². The predicted octanol–water partition coefficient (Wildman–Crippen LogP) is 7.13. The van der Waals surface area contributed by atoms with Crippen molar-refractivity contribution in [1.29, 1.82) is 0 Å². The van der Waals surface area contributed by atoms with E-state index in [4.69, 9.17) is 0 Å². The molecule has 0 aliphatic rings. The molecule has 128 valence electrons. The van der Waals surface area contributed by atoms with Gasteiger partial charge in [-0.15, -0.1) is 6.58 Å². The van der Waals surface area contributed by atoms with Gasteiger partial charge in [-0.1, -0.05) is 74.6 Å². The highest BCUT2D eigenvalue weighted by molar-refractivity contribution is 5.62. The molecule has 0 amide bonds. The van der Waals surface area contributed by atoms with Crippen molar-refractivity contribution >= 4 is 11.4 Å². The van der Waals surface area contributed by atoms with Crippen LogP contribution in [0.25, 0.3) is 0 Å². The molecule has 0 spiro atoms. The third kappa shape index (κ3) is 6.62. The summed E-state index contributed by atoms with van der Waals surface area (Å²) in [6, 6.07) is 21.4. The van der Waals surface area contributed by atoms with Crippen LogP contribution < -0.4 is 4.90 Å². The predicted molar refractivity (Wildman–Crippen MR) is 107 cm³/mol. The van der Waals surface area contributed by atoms with Crippen molar-refractivity contribution < 1.29 is 0 Å². The molecule has 0 aliphatic heterocycles. The first-order valence-corrected chi connectivity index (χ1v) is 9.40. The SMILES string of the molecule is C=CCCCCCCCCCN(c1ccccc1)c1ccccc1. The second-order valence-corrected chi connectivity index (χ2v) is 6.37. The van der Waals surface area contributed by atoms with Crippen LogP contribution in [-0.2, 0) is 0 Å². The van der Waals surface area contributed by atoms with Gasteiger partial charge in [0.05, 0.1) is 0 Å². The zero-order chi connectivity index (χ0) is 16.9. The zero-order valence-corrected chi connectivity index (χ0v) is 14.9. The van der Waals surface area contributed by atoms with Crippen LogP contribution in [-0.4, -0.2) is 6.54 Å². The van der Waals surface area contributed by atoms with E-state index in [-0.39, 0.29) is 0 Å². The topological polar surface area (TPSA) is 3.24 Å². The Morgan fingerprint density at radius 1 is 0.625 bits per heavy atom. The summed E-state index contributed by atoms with van der Waals surface area (Å²) in [5, 5.41) is 0. The molecule has 0 bridgehead atoms. The van der Waals surface area contributed by atoms with Crippen molar-refractivity contribution in [1.82, 2.24) is 0 Å². The van der Waals surface area contributed by atoms with Crippen LogP contribution >= 0.6 is 0 Å². The minimum absolute atomic E-state index is 1.09. The lowest BCUT2D eigenvalue weighted by molar-refractivity contribution is 0.583. The Morgan fingerprint density at radius 3 is 1.58 bits per heavy atom. The lowest BCUT2D eigenvalue weighted by Gasteiger charge is -2.25. The third-order valence-electron chi connectivity index (χ3n) is 4.43. The van der Waals surface area contributed by atoms with Gasteiger partial charge in [0.2, 0.25) is 0 Å². The first kappa shape index (κ1) is 18.3. The summed E-state index contributed by atoms with van der Waals surface area (Å²) in [6.07, 6.45) is 12.5. The summed E-state index contributed by atoms with van der Waals surface area (Å²) in [5.41, 5.74) is 2.57. The highest BCUT2D eigenvalue weighted by Crippen LogP contribution is 2.25. The monoisotopic (exact) mass is 321 g/mol. The average molecular weight is 322 g/mol. The Kier molecular flexibility index (Phi) is 8.78. The van der Waals surface area contributed by atoms with E-state index < -0.39 is 0 Å². The molecule has 0 unspecified atom stereocenters. The number of benzene rings is 2. The largest absolute Gasteiger partial charge is 0.341 e. The Labute approximate surface area is 148 Å². The molecule has 0 saturated heterocycles. The normalized spacial score (nSPS) is 10.5. The maximum Gasteiger partial charge on any atom is 0.0410 e. The molecule has 0 radical (unpaired) electrons. The number of hydrogen-bond acceptors (Lipinski definition) is 1. The van der Waals surface area contributed by atoms with Gasteiger partial charge in [-0.25, -0.2) is 0 Å². The number of nitrogens with zero attached hydrogens (tertiary/aromatic N) is 1. The van der Waals surface area contributed by atoms with E-state index in [0.717, 1.165) is 6.54 Å². The highest BCUT2D eigenvalue weighted by atomic mass is 15.1. The highest BCUT2D eigenvalue weighted by Gasteiger charge is 2.07. The lowest BCUT2D eigenvalue weighted by atomic mass is 10.1. The van der Waals surface area contributed by atoms with Crippen LogP contribution in [0, 0.1) is 0 Å². The van der Waals surface area contributed by atoms with E-state index in [9.17, 15) is 0 Å². The maximum atomic E-state index is 3.78. The van der Waals surface area contributed by atoms with Crippen LogP contribution in [0.4, 0.5) is 11.4 Å². The molecular formula is C23H31N. The van der Waals surface area contributed by atoms with Crippen molar-refractivity contribution in [3.05, 3.63) is 73.3 Å². The molecule has 1 nitrogen and oxygen atoms in total. The smallest absolute Gasteiger partial charge is 0.0410 e. The summed E-state index contributed by atoms with van der Waals surface area (Å²) in [4.78, 5) is 2.43. The fraction of sp³-hybridized carbons (Fsp3) is 0.391. The Hall–Kier alpha value is -2.02. The Bertz CT molecular complexity index is 507. The minimum atomic E-state index is 1.09. The first-order chi connectivity index (χ1) is 11.9. The van der Waals surface area contributed by atoms with Gasteiger partial charge >= 0.3 is 0 Å². The first-order valence-electron chi connectivity index (χ1n) is 9.40. The average Bonchev–Trinajstić information content (AvgIpc) is 2.65. The van der Waals surface area contributed by atoms with Gasteiger partial charge in [0.1, 0.15) is 0 Å². The van der Waals surface area contributed by atoms with Gasteiger partial charge in [-0.3, -0.25) is 0 Å². The molecule has 2 rings (SSSR count). The molecular weight excluding hydrogens is 290 g/mol. The molecule has 2 aromatic rings. The number of hydrogen-bond donors (Lipinski definition) is 0. The molecule has 0 saturated carbocycles. The molecule has 0 N–H and O–H groups in total. The molecule has 0 heterocycles. The number of unbranched alkanes of at least 4 members (excludes halogenated alkanes) is 7. The van der Waals surface area contributed by atoms with Crippen LogP contribution in [0.5, 0.6) is 0 Å². The van der Waals surface area contributed by atoms with Gasteiger partial charge in [-0.2, -0.15) is 0 Å². The van der Waals surface area contributed by atoms with Crippen molar-refractivity contribution in [2.24, 2.45) is 0 Å². The van der Waals surface area contributed by atoms with E-state index in [1.54, 1.807) is 0 Å². The summed E-state index contributed by atoms with van der Waals surface area (Å²) in [5.74, 6) is 0. The van der Waals surface area contributed by atoms with Crippen LogP contribution in [0.15, 0.2) is 73.3 Å². The fourth-order valence-corrected chi connectivity index (χ4v) is 3.07. The molecule has 1 heteroatoms. The zero-order valence-electron chi connectivity index (χ0n) is 14.9. The van der Waals surface area contributed by atoms with E-state index in [1.165, 1.54) is 62.7 Å². The third-order valence-corrected chi connectivity index (χ3v) is 4.43. The van der Waals surface area contributed by atoms with E-state index in [2.05, 4.69) is 72.1 Å². The fourth-order valence-electron chi connectivity index (χ4n) is 3.07. The molecule has 0 aromatic heterocycles. The maximum absolute atomic E-state index is 3.78. The van der Waals surface area contributed by atoms with Gasteiger partial charge in [0, 0.05) is 17.9 Å². The molecule has 0 atom stereocenters. The van der Waals surface area contributed by atoms with Gasteiger partial charge < -0.3 is 4.90 Å². The molecule has 24 heavy (non-hydrogen) atoms. The van der Waals surface area contributed by atoms with Crippen molar-refractivity contribution in [3.8, 4) is 0 Å².